The predicted octanol–water partition coefficient (Wildman–Crippen LogP) is 3.95. The van der Waals surface area contributed by atoms with Crippen LogP contribution in [0.3, 0.4) is 0 Å². The third kappa shape index (κ3) is 3.48. The second-order valence-corrected chi connectivity index (χ2v) is 8.76. The molecule has 2 aromatic rings. The van der Waals surface area contributed by atoms with E-state index in [2.05, 4.69) is 74.5 Å². The maximum atomic E-state index is 2.37. The van der Waals surface area contributed by atoms with Crippen molar-refractivity contribution in [3.8, 4) is 0 Å². The first kappa shape index (κ1) is 12.5. The van der Waals surface area contributed by atoms with Crippen molar-refractivity contribution in [2.45, 2.75) is 23.3 Å². The van der Waals surface area contributed by atoms with Crippen LogP contribution in [0.1, 0.15) is 34.4 Å². The standard InChI is InChI=1S/C16H19As/c1-13(15-9-5-3-6-10-15)17-14(2)16-11-7-4-8-12-16/h3-14,17H,1-2H3. The molecule has 0 aliphatic carbocycles. The normalized spacial score (nSPS) is 14.9. The van der Waals surface area contributed by atoms with Crippen molar-refractivity contribution in [2.24, 2.45) is 0 Å². The van der Waals surface area contributed by atoms with E-state index in [-0.39, 0.29) is 15.8 Å². The second kappa shape index (κ2) is 6.07. The van der Waals surface area contributed by atoms with Gasteiger partial charge in [-0.3, -0.25) is 0 Å². The number of hydrogen-bond acceptors (Lipinski definition) is 0. The molecule has 88 valence electrons. The summed E-state index contributed by atoms with van der Waals surface area (Å²) in [4.78, 5) is 0. The molecule has 0 heterocycles. The fourth-order valence-corrected chi connectivity index (χ4v) is 5.24. The average molecular weight is 286 g/mol. The molecule has 0 radical (unpaired) electrons. The Morgan fingerprint density at radius 2 is 1.00 bits per heavy atom. The Hall–Kier alpha value is -1.00. The summed E-state index contributed by atoms with van der Waals surface area (Å²) in [5.74, 6) is 0. The Bertz CT molecular complexity index is 392. The van der Waals surface area contributed by atoms with E-state index in [1.807, 2.05) is 0 Å². The molecule has 2 unspecified atom stereocenters. The van der Waals surface area contributed by atoms with E-state index in [9.17, 15) is 0 Å². The molecule has 0 saturated carbocycles. The van der Waals surface area contributed by atoms with Gasteiger partial charge >= 0.3 is 111 Å². The van der Waals surface area contributed by atoms with Gasteiger partial charge in [-0.2, -0.15) is 0 Å². The van der Waals surface area contributed by atoms with Crippen LogP contribution in [0.2, 0.25) is 0 Å². The monoisotopic (exact) mass is 286 g/mol. The molecule has 0 N–H and O–H groups in total. The van der Waals surface area contributed by atoms with Crippen LogP contribution in [0.15, 0.2) is 60.7 Å². The van der Waals surface area contributed by atoms with Gasteiger partial charge in [0.05, 0.1) is 0 Å². The summed E-state index contributed by atoms with van der Waals surface area (Å²) in [7, 11) is 0. The van der Waals surface area contributed by atoms with E-state index in [1.165, 1.54) is 11.1 Å². The number of hydrogen-bond donors (Lipinski definition) is 0. The van der Waals surface area contributed by atoms with Gasteiger partial charge in [0.1, 0.15) is 0 Å². The van der Waals surface area contributed by atoms with Crippen LogP contribution < -0.4 is 0 Å². The average Bonchev–Trinajstić information content (AvgIpc) is 2.40. The van der Waals surface area contributed by atoms with Crippen LogP contribution in [-0.4, -0.2) is 15.8 Å². The molecule has 0 spiro atoms. The fourth-order valence-electron chi connectivity index (χ4n) is 2.05. The summed E-state index contributed by atoms with van der Waals surface area (Å²) >= 11 is -0.00259. The molecule has 2 aromatic carbocycles. The molecule has 2 rings (SSSR count). The van der Waals surface area contributed by atoms with Crippen molar-refractivity contribution in [1.29, 1.82) is 0 Å². The Morgan fingerprint density at radius 3 is 1.35 bits per heavy atom. The van der Waals surface area contributed by atoms with Gasteiger partial charge in [0.15, 0.2) is 0 Å². The molecule has 1 heteroatoms. The molecule has 0 saturated heterocycles. The van der Waals surface area contributed by atoms with Crippen LogP contribution in [0.4, 0.5) is 0 Å². The van der Waals surface area contributed by atoms with E-state index in [0.29, 0.717) is 0 Å². The minimum absolute atomic E-state index is 0.00259. The van der Waals surface area contributed by atoms with Crippen LogP contribution in [0.5, 0.6) is 0 Å². The van der Waals surface area contributed by atoms with E-state index in [0.717, 1.165) is 9.41 Å². The third-order valence-electron chi connectivity index (χ3n) is 3.10. The summed E-state index contributed by atoms with van der Waals surface area (Å²) in [6.07, 6.45) is 0. The van der Waals surface area contributed by atoms with Gasteiger partial charge < -0.3 is 0 Å². The molecule has 0 bridgehead atoms. The Morgan fingerprint density at radius 1 is 0.647 bits per heavy atom. The SMILES string of the molecule is CC([AsH]C(C)c1ccccc1)c1ccccc1. The van der Waals surface area contributed by atoms with Crippen LogP contribution in [0, 0.1) is 0 Å². The van der Waals surface area contributed by atoms with Gasteiger partial charge in [0.2, 0.25) is 0 Å². The molecule has 0 fully saturated rings. The van der Waals surface area contributed by atoms with Gasteiger partial charge in [-0.05, 0) is 0 Å². The zero-order chi connectivity index (χ0) is 12.1. The topological polar surface area (TPSA) is 0 Å². The minimum atomic E-state index is -0.00259. The molecule has 0 aromatic heterocycles. The zero-order valence-corrected chi connectivity index (χ0v) is 12.5. The first-order valence-corrected chi connectivity index (χ1v) is 8.55. The summed E-state index contributed by atoms with van der Waals surface area (Å²) in [6, 6.07) is 21.8. The second-order valence-electron chi connectivity index (χ2n) is 4.43. The maximum absolute atomic E-state index is 2.37. The number of rotatable bonds is 4. The van der Waals surface area contributed by atoms with Crippen molar-refractivity contribution >= 4 is 15.8 Å². The summed E-state index contributed by atoms with van der Waals surface area (Å²) in [5, 5.41) is 0. The van der Waals surface area contributed by atoms with Gasteiger partial charge in [0, 0.05) is 0 Å². The molecule has 2 atom stereocenters. The summed E-state index contributed by atoms with van der Waals surface area (Å²) in [5.41, 5.74) is 2.99. The zero-order valence-electron chi connectivity index (χ0n) is 10.4. The van der Waals surface area contributed by atoms with E-state index >= 15 is 0 Å². The quantitative estimate of drug-likeness (QED) is 0.747. The van der Waals surface area contributed by atoms with Gasteiger partial charge in [-0.15, -0.1) is 0 Å². The molecule has 0 nitrogen and oxygen atoms in total. The van der Waals surface area contributed by atoms with Gasteiger partial charge in [-0.25, -0.2) is 0 Å². The van der Waals surface area contributed by atoms with Gasteiger partial charge in [-0.1, -0.05) is 0 Å². The summed E-state index contributed by atoms with van der Waals surface area (Å²) < 4.78 is 1.48. The van der Waals surface area contributed by atoms with E-state index < -0.39 is 0 Å². The molecule has 0 aliphatic heterocycles. The first-order valence-electron chi connectivity index (χ1n) is 6.13. The molecule has 0 amide bonds. The molecular weight excluding hydrogens is 267 g/mol. The van der Waals surface area contributed by atoms with Crippen molar-refractivity contribution < 1.29 is 0 Å². The van der Waals surface area contributed by atoms with Crippen molar-refractivity contribution in [1.82, 2.24) is 0 Å². The predicted molar refractivity (Wildman–Crippen MR) is 76.9 cm³/mol. The van der Waals surface area contributed by atoms with E-state index in [4.69, 9.17) is 0 Å². The fraction of sp³-hybridized carbons (Fsp3) is 0.250. The third-order valence-corrected chi connectivity index (χ3v) is 6.60. The molecular formula is C16H19As. The van der Waals surface area contributed by atoms with Crippen molar-refractivity contribution in [2.75, 3.05) is 0 Å². The Kier molecular flexibility index (Phi) is 4.45. The van der Waals surface area contributed by atoms with E-state index in [1.54, 1.807) is 0 Å². The first-order chi connectivity index (χ1) is 8.27. The molecule has 0 aliphatic rings. The van der Waals surface area contributed by atoms with Crippen LogP contribution in [0.25, 0.3) is 0 Å². The van der Waals surface area contributed by atoms with Crippen molar-refractivity contribution in [3.05, 3.63) is 71.8 Å². The van der Waals surface area contributed by atoms with Crippen LogP contribution in [-0.2, 0) is 0 Å². The van der Waals surface area contributed by atoms with Crippen molar-refractivity contribution in [3.63, 3.8) is 0 Å². The summed E-state index contributed by atoms with van der Waals surface area (Å²) in [6.45, 7) is 4.74. The number of benzene rings is 2. The Balaban J connectivity index is 2.02. The Labute approximate surface area is 111 Å². The van der Waals surface area contributed by atoms with Gasteiger partial charge in [0.25, 0.3) is 0 Å². The van der Waals surface area contributed by atoms with Crippen LogP contribution >= 0.6 is 0 Å². The molecule has 17 heavy (non-hydrogen) atoms.